The Morgan fingerprint density at radius 3 is 2.20 bits per heavy atom. The van der Waals surface area contributed by atoms with Crippen LogP contribution in [0.25, 0.3) is 0 Å². The highest BCUT2D eigenvalue weighted by atomic mass is 35.5. The Balaban J connectivity index is 2.77. The first-order chi connectivity index (χ1) is 6.92. The molecule has 1 rings (SSSR count). The van der Waals surface area contributed by atoms with E-state index in [4.69, 9.17) is 11.6 Å². The van der Waals surface area contributed by atoms with E-state index in [-0.39, 0.29) is 23.0 Å². The Kier molecular flexibility index (Phi) is 3.57. The van der Waals surface area contributed by atoms with Gasteiger partial charge < -0.3 is 4.74 Å². The maximum Gasteiger partial charge on any atom is 0.573 e. The second-order valence-corrected chi connectivity index (χ2v) is 2.90. The molecule has 0 heterocycles. The van der Waals surface area contributed by atoms with Crippen molar-refractivity contribution in [2.75, 3.05) is 5.88 Å². The fraction of sp³-hybridized carbons (Fsp3) is 0.222. The molecular formula is C9H6ClF3O2. The summed E-state index contributed by atoms with van der Waals surface area (Å²) >= 11 is 5.27. The van der Waals surface area contributed by atoms with Crippen LogP contribution in [0.4, 0.5) is 13.2 Å². The van der Waals surface area contributed by atoms with Crippen molar-refractivity contribution in [1.82, 2.24) is 0 Å². The van der Waals surface area contributed by atoms with Crippen LogP contribution in [-0.4, -0.2) is 18.0 Å². The normalized spacial score (nSPS) is 11.2. The van der Waals surface area contributed by atoms with Gasteiger partial charge in [-0.25, -0.2) is 0 Å². The largest absolute Gasteiger partial charge is 0.573 e. The quantitative estimate of drug-likeness (QED) is 0.598. The second kappa shape index (κ2) is 4.53. The van der Waals surface area contributed by atoms with E-state index in [2.05, 4.69) is 4.74 Å². The monoisotopic (exact) mass is 238 g/mol. The topological polar surface area (TPSA) is 26.3 Å². The number of carbonyl (C=O) groups is 1. The van der Waals surface area contributed by atoms with Crippen LogP contribution in [0.2, 0.25) is 0 Å². The van der Waals surface area contributed by atoms with Crippen molar-refractivity contribution in [1.29, 1.82) is 0 Å². The molecule has 0 fully saturated rings. The molecule has 82 valence electrons. The van der Waals surface area contributed by atoms with Gasteiger partial charge in [-0.05, 0) is 24.3 Å². The molecule has 0 aliphatic rings. The highest BCUT2D eigenvalue weighted by Gasteiger charge is 2.30. The first-order valence-electron chi connectivity index (χ1n) is 3.87. The summed E-state index contributed by atoms with van der Waals surface area (Å²) in [6, 6.07) is 4.58. The number of hydrogen-bond donors (Lipinski definition) is 0. The second-order valence-electron chi connectivity index (χ2n) is 2.63. The number of halogens is 4. The molecule has 1 aromatic carbocycles. The molecule has 0 aromatic heterocycles. The number of alkyl halides is 4. The lowest BCUT2D eigenvalue weighted by atomic mass is 10.1. The molecule has 0 N–H and O–H groups in total. The van der Waals surface area contributed by atoms with Gasteiger partial charge >= 0.3 is 6.36 Å². The lowest BCUT2D eigenvalue weighted by molar-refractivity contribution is -0.274. The standard InChI is InChI=1S/C9H6ClF3O2/c10-5-8(14)6-1-3-7(4-2-6)15-9(11,12)13/h1-4H,5H2. The van der Waals surface area contributed by atoms with Gasteiger partial charge in [0.2, 0.25) is 0 Å². The molecule has 15 heavy (non-hydrogen) atoms. The molecule has 0 bridgehead atoms. The van der Waals surface area contributed by atoms with E-state index >= 15 is 0 Å². The summed E-state index contributed by atoms with van der Waals surface area (Å²) in [4.78, 5) is 11.0. The van der Waals surface area contributed by atoms with E-state index in [0.29, 0.717) is 0 Å². The molecular weight excluding hydrogens is 233 g/mol. The Hall–Kier alpha value is -1.23. The third kappa shape index (κ3) is 3.79. The van der Waals surface area contributed by atoms with Gasteiger partial charge in [0.1, 0.15) is 5.75 Å². The van der Waals surface area contributed by atoms with Gasteiger partial charge in [-0.1, -0.05) is 0 Å². The first kappa shape index (κ1) is 11.8. The highest BCUT2D eigenvalue weighted by Crippen LogP contribution is 2.22. The maximum absolute atomic E-state index is 11.8. The van der Waals surface area contributed by atoms with E-state index in [1.165, 1.54) is 12.1 Å². The van der Waals surface area contributed by atoms with Gasteiger partial charge in [0, 0.05) is 5.56 Å². The number of hydrogen-bond acceptors (Lipinski definition) is 2. The minimum atomic E-state index is -4.72. The fourth-order valence-electron chi connectivity index (χ4n) is 0.920. The molecule has 0 radical (unpaired) electrons. The van der Waals surface area contributed by atoms with Crippen molar-refractivity contribution < 1.29 is 22.7 Å². The number of rotatable bonds is 3. The summed E-state index contributed by atoms with van der Waals surface area (Å²) in [6.45, 7) is 0. The van der Waals surface area contributed by atoms with Crippen LogP contribution < -0.4 is 4.74 Å². The summed E-state index contributed by atoms with van der Waals surface area (Å²) in [5.74, 6) is -0.928. The highest BCUT2D eigenvalue weighted by molar-refractivity contribution is 6.30. The van der Waals surface area contributed by atoms with E-state index in [9.17, 15) is 18.0 Å². The van der Waals surface area contributed by atoms with Crippen LogP contribution in [-0.2, 0) is 0 Å². The first-order valence-corrected chi connectivity index (χ1v) is 4.41. The van der Waals surface area contributed by atoms with Gasteiger partial charge in [0.05, 0.1) is 5.88 Å². The van der Waals surface area contributed by atoms with Crippen LogP contribution in [0, 0.1) is 0 Å². The zero-order valence-electron chi connectivity index (χ0n) is 7.34. The van der Waals surface area contributed by atoms with Crippen LogP contribution in [0.15, 0.2) is 24.3 Å². The summed E-state index contributed by atoms with van der Waals surface area (Å²) in [7, 11) is 0. The van der Waals surface area contributed by atoms with Crippen molar-refractivity contribution >= 4 is 17.4 Å². The molecule has 1 aromatic rings. The van der Waals surface area contributed by atoms with E-state index in [1.807, 2.05) is 0 Å². The van der Waals surface area contributed by atoms with Gasteiger partial charge in [-0.15, -0.1) is 24.8 Å². The van der Waals surface area contributed by atoms with Crippen molar-refractivity contribution in [3.05, 3.63) is 29.8 Å². The Bertz CT molecular complexity index is 345. The molecule has 0 aliphatic heterocycles. The summed E-state index contributed by atoms with van der Waals surface area (Å²) in [5.41, 5.74) is 0.250. The van der Waals surface area contributed by atoms with Crippen LogP contribution in [0.1, 0.15) is 10.4 Å². The number of carbonyl (C=O) groups excluding carboxylic acids is 1. The molecule has 0 amide bonds. The van der Waals surface area contributed by atoms with Gasteiger partial charge in [0.15, 0.2) is 5.78 Å². The van der Waals surface area contributed by atoms with Crippen LogP contribution >= 0.6 is 11.6 Å². The van der Waals surface area contributed by atoms with Crippen molar-refractivity contribution in [2.45, 2.75) is 6.36 Å². The molecule has 0 saturated heterocycles. The lowest BCUT2D eigenvalue weighted by Gasteiger charge is -2.08. The molecule has 0 spiro atoms. The molecule has 6 heteroatoms. The minimum absolute atomic E-state index is 0.209. The summed E-state index contributed by atoms with van der Waals surface area (Å²) < 4.78 is 38.9. The smallest absolute Gasteiger partial charge is 0.406 e. The Labute approximate surface area is 88.6 Å². The molecule has 0 saturated carbocycles. The number of ketones is 1. The van der Waals surface area contributed by atoms with E-state index < -0.39 is 6.36 Å². The lowest BCUT2D eigenvalue weighted by Crippen LogP contribution is -2.17. The predicted molar refractivity (Wildman–Crippen MR) is 48.2 cm³/mol. The fourth-order valence-corrected chi connectivity index (χ4v) is 1.07. The molecule has 0 unspecified atom stereocenters. The number of benzene rings is 1. The van der Waals surface area contributed by atoms with E-state index in [1.54, 1.807) is 0 Å². The number of Topliss-reactive ketones (excluding diaryl/α,β-unsaturated/α-hetero) is 1. The SMILES string of the molecule is O=C(CCl)c1ccc(OC(F)(F)F)cc1. The Morgan fingerprint density at radius 1 is 1.27 bits per heavy atom. The Morgan fingerprint density at radius 2 is 1.80 bits per heavy atom. The van der Waals surface area contributed by atoms with Crippen molar-refractivity contribution in [2.24, 2.45) is 0 Å². The maximum atomic E-state index is 11.8. The third-order valence-corrected chi connectivity index (χ3v) is 1.77. The average molecular weight is 239 g/mol. The van der Waals surface area contributed by atoms with Crippen LogP contribution in [0.5, 0.6) is 5.75 Å². The summed E-state index contributed by atoms with van der Waals surface area (Å²) in [5, 5.41) is 0. The van der Waals surface area contributed by atoms with Crippen molar-refractivity contribution in [3.8, 4) is 5.75 Å². The summed E-state index contributed by atoms with van der Waals surface area (Å²) in [6.07, 6.45) is -4.72. The van der Waals surface area contributed by atoms with Gasteiger partial charge in [0.25, 0.3) is 0 Å². The van der Waals surface area contributed by atoms with Gasteiger partial charge in [-0.3, -0.25) is 4.79 Å². The predicted octanol–water partition coefficient (Wildman–Crippen LogP) is 3.01. The zero-order chi connectivity index (χ0) is 11.5. The van der Waals surface area contributed by atoms with Crippen molar-refractivity contribution in [3.63, 3.8) is 0 Å². The van der Waals surface area contributed by atoms with E-state index in [0.717, 1.165) is 12.1 Å². The molecule has 0 aliphatic carbocycles. The zero-order valence-corrected chi connectivity index (χ0v) is 8.10. The average Bonchev–Trinajstić information content (AvgIpc) is 2.15. The molecule has 0 atom stereocenters. The molecule has 2 nitrogen and oxygen atoms in total. The minimum Gasteiger partial charge on any atom is -0.406 e. The third-order valence-electron chi connectivity index (χ3n) is 1.53. The van der Waals surface area contributed by atoms with Crippen LogP contribution in [0.3, 0.4) is 0 Å². The number of ether oxygens (including phenoxy) is 1. The van der Waals surface area contributed by atoms with Gasteiger partial charge in [-0.2, -0.15) is 0 Å².